The molecule has 0 saturated heterocycles. The lowest BCUT2D eigenvalue weighted by molar-refractivity contribution is 0.625. The fourth-order valence-electron chi connectivity index (χ4n) is 2.14. The van der Waals surface area contributed by atoms with E-state index in [1.54, 1.807) is 6.07 Å². The summed E-state index contributed by atoms with van der Waals surface area (Å²) >= 11 is 0. The van der Waals surface area contributed by atoms with Crippen molar-refractivity contribution in [2.24, 2.45) is 0 Å². The van der Waals surface area contributed by atoms with Gasteiger partial charge in [-0.15, -0.1) is 0 Å². The first-order chi connectivity index (χ1) is 10.1. The van der Waals surface area contributed by atoms with Gasteiger partial charge < -0.3 is 10.6 Å². The Morgan fingerprint density at radius 2 is 1.90 bits per heavy atom. The predicted molar refractivity (Wildman–Crippen MR) is 84.3 cm³/mol. The maximum absolute atomic E-state index is 13.1. The molecular weight excluding hydrogens is 267 g/mol. The monoisotopic (exact) mass is 288 g/mol. The van der Waals surface area contributed by atoms with Crippen LogP contribution < -0.4 is 10.6 Å². The van der Waals surface area contributed by atoms with Gasteiger partial charge in [-0.05, 0) is 36.6 Å². The van der Waals surface area contributed by atoms with Crippen LogP contribution in [0, 0.1) is 12.7 Å². The van der Waals surface area contributed by atoms with Crippen molar-refractivity contribution in [3.05, 3.63) is 47.0 Å². The summed E-state index contributed by atoms with van der Waals surface area (Å²) in [5.41, 5.74) is 2.12. The van der Waals surface area contributed by atoms with Crippen LogP contribution in [0.25, 0.3) is 0 Å². The third-order valence-electron chi connectivity index (χ3n) is 3.35. The minimum Gasteiger partial charge on any atom is -0.373 e. The van der Waals surface area contributed by atoms with Gasteiger partial charge >= 0.3 is 0 Å². The summed E-state index contributed by atoms with van der Waals surface area (Å²) in [4.78, 5) is 8.80. The zero-order chi connectivity index (χ0) is 15.2. The maximum atomic E-state index is 13.1. The summed E-state index contributed by atoms with van der Waals surface area (Å²) in [6.07, 6.45) is 1.62. The Morgan fingerprint density at radius 3 is 2.57 bits per heavy atom. The molecule has 21 heavy (non-hydrogen) atoms. The van der Waals surface area contributed by atoms with E-state index < -0.39 is 0 Å². The first-order valence-electron chi connectivity index (χ1n) is 7.17. The Bertz CT molecular complexity index is 591. The van der Waals surface area contributed by atoms with E-state index in [9.17, 15) is 4.39 Å². The van der Waals surface area contributed by atoms with Crippen LogP contribution in [0.2, 0.25) is 0 Å². The van der Waals surface area contributed by atoms with Crippen LogP contribution in [0.4, 0.5) is 16.0 Å². The van der Waals surface area contributed by atoms with Gasteiger partial charge in [0.05, 0.1) is 0 Å². The third-order valence-corrected chi connectivity index (χ3v) is 3.35. The number of halogens is 1. The quantitative estimate of drug-likeness (QED) is 0.857. The number of nitrogens with one attached hydrogen (secondary N) is 2. The van der Waals surface area contributed by atoms with E-state index in [0.29, 0.717) is 0 Å². The van der Waals surface area contributed by atoms with Crippen LogP contribution in [0.5, 0.6) is 0 Å². The van der Waals surface area contributed by atoms with Crippen LogP contribution in [0.3, 0.4) is 0 Å². The molecule has 0 fully saturated rings. The second kappa shape index (κ2) is 7.02. The standard InChI is InChI=1S/C16H21FN4/c1-4-14-20-15(18-3)10-16(21-14)19-8-7-12-5-6-13(17)9-11(12)2/h5-6,9-10H,4,7-8H2,1-3H3,(H2,18,19,20,21). The molecule has 1 aromatic carbocycles. The zero-order valence-electron chi connectivity index (χ0n) is 12.7. The lowest BCUT2D eigenvalue weighted by Gasteiger charge is -2.10. The van der Waals surface area contributed by atoms with Gasteiger partial charge in [0.2, 0.25) is 0 Å². The van der Waals surface area contributed by atoms with Crippen molar-refractivity contribution in [3.63, 3.8) is 0 Å². The summed E-state index contributed by atoms with van der Waals surface area (Å²) < 4.78 is 13.1. The molecule has 0 aliphatic rings. The van der Waals surface area contributed by atoms with E-state index in [1.807, 2.05) is 33.0 Å². The highest BCUT2D eigenvalue weighted by molar-refractivity contribution is 5.47. The van der Waals surface area contributed by atoms with Crippen LogP contribution in [0.1, 0.15) is 23.9 Å². The number of aromatic nitrogens is 2. The van der Waals surface area contributed by atoms with E-state index >= 15 is 0 Å². The molecule has 0 spiro atoms. The molecule has 2 rings (SSSR count). The fraction of sp³-hybridized carbons (Fsp3) is 0.375. The molecule has 112 valence electrons. The molecule has 2 N–H and O–H groups in total. The van der Waals surface area contributed by atoms with Gasteiger partial charge in [0.15, 0.2) is 0 Å². The zero-order valence-corrected chi connectivity index (χ0v) is 12.7. The molecular formula is C16H21FN4. The number of rotatable bonds is 6. The Hall–Kier alpha value is -2.17. The van der Waals surface area contributed by atoms with Crippen LogP contribution in [-0.4, -0.2) is 23.6 Å². The van der Waals surface area contributed by atoms with Crippen molar-refractivity contribution >= 4 is 11.6 Å². The smallest absolute Gasteiger partial charge is 0.132 e. The molecule has 0 bridgehead atoms. The van der Waals surface area contributed by atoms with Crippen molar-refractivity contribution in [2.75, 3.05) is 24.2 Å². The lowest BCUT2D eigenvalue weighted by atomic mass is 10.1. The molecule has 0 atom stereocenters. The Balaban J connectivity index is 1.99. The lowest BCUT2D eigenvalue weighted by Crippen LogP contribution is -2.10. The van der Waals surface area contributed by atoms with Crippen LogP contribution >= 0.6 is 0 Å². The summed E-state index contributed by atoms with van der Waals surface area (Å²) in [6.45, 7) is 4.70. The highest BCUT2D eigenvalue weighted by atomic mass is 19.1. The summed E-state index contributed by atoms with van der Waals surface area (Å²) in [5.74, 6) is 2.24. The Kier molecular flexibility index (Phi) is 5.09. The normalized spacial score (nSPS) is 10.5. The number of anilines is 2. The minimum atomic E-state index is -0.189. The summed E-state index contributed by atoms with van der Waals surface area (Å²) in [5, 5.41) is 6.33. The number of hydrogen-bond donors (Lipinski definition) is 2. The number of aryl methyl sites for hydroxylation is 2. The number of nitrogens with zero attached hydrogens (tertiary/aromatic N) is 2. The second-order valence-corrected chi connectivity index (χ2v) is 4.91. The molecule has 0 saturated carbocycles. The average Bonchev–Trinajstić information content (AvgIpc) is 2.49. The topological polar surface area (TPSA) is 49.8 Å². The van der Waals surface area contributed by atoms with Crippen LogP contribution in [-0.2, 0) is 12.8 Å². The number of benzene rings is 1. The van der Waals surface area contributed by atoms with Crippen molar-refractivity contribution in [2.45, 2.75) is 26.7 Å². The average molecular weight is 288 g/mol. The van der Waals surface area contributed by atoms with E-state index in [2.05, 4.69) is 20.6 Å². The van der Waals surface area contributed by atoms with Gasteiger partial charge in [-0.25, -0.2) is 14.4 Å². The van der Waals surface area contributed by atoms with Gasteiger partial charge in [0.25, 0.3) is 0 Å². The first kappa shape index (κ1) is 15.2. The third kappa shape index (κ3) is 4.15. The maximum Gasteiger partial charge on any atom is 0.132 e. The molecule has 1 heterocycles. The predicted octanol–water partition coefficient (Wildman–Crippen LogP) is 3.18. The first-order valence-corrected chi connectivity index (χ1v) is 7.17. The molecule has 0 radical (unpaired) electrons. The van der Waals surface area contributed by atoms with Gasteiger partial charge in [-0.2, -0.15) is 0 Å². The van der Waals surface area contributed by atoms with Gasteiger partial charge in [0, 0.05) is 26.1 Å². The molecule has 1 aromatic heterocycles. The second-order valence-electron chi connectivity index (χ2n) is 4.91. The van der Waals surface area contributed by atoms with Crippen molar-refractivity contribution < 1.29 is 4.39 Å². The molecule has 4 nitrogen and oxygen atoms in total. The van der Waals surface area contributed by atoms with Crippen molar-refractivity contribution in [3.8, 4) is 0 Å². The molecule has 0 aliphatic carbocycles. The van der Waals surface area contributed by atoms with E-state index in [1.165, 1.54) is 6.07 Å². The van der Waals surface area contributed by atoms with Gasteiger partial charge in [0.1, 0.15) is 23.3 Å². The summed E-state index contributed by atoms with van der Waals surface area (Å²) in [6, 6.07) is 6.79. The highest BCUT2D eigenvalue weighted by Gasteiger charge is 2.03. The van der Waals surface area contributed by atoms with E-state index in [0.717, 1.165) is 48.0 Å². The molecule has 2 aromatic rings. The highest BCUT2D eigenvalue weighted by Crippen LogP contribution is 2.13. The van der Waals surface area contributed by atoms with Gasteiger partial charge in [-0.1, -0.05) is 13.0 Å². The number of hydrogen-bond acceptors (Lipinski definition) is 4. The van der Waals surface area contributed by atoms with Crippen molar-refractivity contribution in [1.29, 1.82) is 0 Å². The van der Waals surface area contributed by atoms with Crippen molar-refractivity contribution in [1.82, 2.24) is 9.97 Å². The van der Waals surface area contributed by atoms with E-state index in [4.69, 9.17) is 0 Å². The molecule has 5 heteroatoms. The Labute approximate surface area is 124 Å². The molecule has 0 aliphatic heterocycles. The SMILES string of the molecule is CCc1nc(NC)cc(NCCc2ccc(F)cc2C)n1. The van der Waals surface area contributed by atoms with Gasteiger partial charge in [-0.3, -0.25) is 0 Å². The minimum absolute atomic E-state index is 0.189. The fourth-order valence-corrected chi connectivity index (χ4v) is 2.14. The summed E-state index contributed by atoms with van der Waals surface area (Å²) in [7, 11) is 1.84. The van der Waals surface area contributed by atoms with Crippen LogP contribution in [0.15, 0.2) is 24.3 Å². The molecule has 0 amide bonds. The largest absolute Gasteiger partial charge is 0.373 e. The molecule has 0 unspecified atom stereocenters. The Morgan fingerprint density at radius 1 is 1.14 bits per heavy atom. The van der Waals surface area contributed by atoms with E-state index in [-0.39, 0.29) is 5.82 Å².